The van der Waals surface area contributed by atoms with Crippen molar-refractivity contribution in [3.63, 3.8) is 0 Å². The molecular formula is C23H25ClFN7O. The van der Waals surface area contributed by atoms with Crippen LogP contribution in [0.4, 0.5) is 15.9 Å². The van der Waals surface area contributed by atoms with Gasteiger partial charge in [0.2, 0.25) is 0 Å². The number of hydrogen-bond acceptors (Lipinski definition) is 6. The maximum Gasteiger partial charge on any atom is 0.258 e. The van der Waals surface area contributed by atoms with Crippen molar-refractivity contribution in [2.75, 3.05) is 31.7 Å². The van der Waals surface area contributed by atoms with Crippen LogP contribution in [-0.2, 0) is 5.41 Å². The van der Waals surface area contributed by atoms with Gasteiger partial charge in [-0.25, -0.2) is 9.37 Å². The number of fused-ring (bicyclic) bond motifs is 2. The van der Waals surface area contributed by atoms with Crippen LogP contribution >= 0.6 is 11.6 Å². The van der Waals surface area contributed by atoms with E-state index in [0.29, 0.717) is 17.1 Å². The minimum Gasteiger partial charge on any atom is -0.398 e. The largest absolute Gasteiger partial charge is 0.398 e. The van der Waals surface area contributed by atoms with Crippen LogP contribution in [0.3, 0.4) is 0 Å². The molecule has 2 aliphatic rings. The first-order chi connectivity index (χ1) is 15.7. The van der Waals surface area contributed by atoms with Crippen molar-refractivity contribution in [3.8, 4) is 11.1 Å². The molecule has 2 atom stereocenters. The molecule has 0 radical (unpaired) electrons. The number of halogens is 2. The van der Waals surface area contributed by atoms with Gasteiger partial charge in [-0.1, -0.05) is 11.6 Å². The first-order valence-electron chi connectivity index (χ1n) is 10.8. The standard InChI is InChI=1S/C23H25ClFN7O/c1-12-9-29-32(30-12)13-6-7-23(8-13)11-28-21-18(23)19(24)15(10-27-21)14-4-5-16(26)17(20(14)25)22(33)31(2)3/h4-5,9-10,13H,6-8,11,26H2,1-3H3,(H,27,28). The highest BCUT2D eigenvalue weighted by Gasteiger charge is 2.48. The zero-order chi connectivity index (χ0) is 23.5. The second kappa shape index (κ2) is 7.69. The molecule has 0 bridgehead atoms. The highest BCUT2D eigenvalue weighted by atomic mass is 35.5. The number of amides is 1. The third-order valence-electron chi connectivity index (χ3n) is 6.76. The summed E-state index contributed by atoms with van der Waals surface area (Å²) in [5.41, 5.74) is 8.04. The van der Waals surface area contributed by atoms with Crippen molar-refractivity contribution in [1.82, 2.24) is 24.9 Å². The fourth-order valence-electron chi connectivity index (χ4n) is 5.09. The molecule has 1 aromatic carbocycles. The van der Waals surface area contributed by atoms with Crippen LogP contribution in [0.5, 0.6) is 0 Å². The fraction of sp³-hybridized carbons (Fsp3) is 0.391. The molecule has 2 aromatic heterocycles. The molecule has 1 aliphatic heterocycles. The summed E-state index contributed by atoms with van der Waals surface area (Å²) in [4.78, 5) is 20.2. The number of benzene rings is 1. The molecule has 5 rings (SSSR count). The third kappa shape index (κ3) is 3.33. The summed E-state index contributed by atoms with van der Waals surface area (Å²) in [6, 6.07) is 3.24. The average molecular weight is 470 g/mol. The summed E-state index contributed by atoms with van der Waals surface area (Å²) in [6.07, 6.45) is 5.91. The molecule has 3 aromatic rings. The lowest BCUT2D eigenvalue weighted by atomic mass is 9.80. The predicted octanol–water partition coefficient (Wildman–Crippen LogP) is 3.81. The molecule has 1 amide bonds. The minimum absolute atomic E-state index is 0.0824. The van der Waals surface area contributed by atoms with Crippen molar-refractivity contribution in [3.05, 3.63) is 52.2 Å². The van der Waals surface area contributed by atoms with Gasteiger partial charge in [-0.05, 0) is 38.3 Å². The zero-order valence-electron chi connectivity index (χ0n) is 18.7. The van der Waals surface area contributed by atoms with E-state index in [1.54, 1.807) is 37.4 Å². The molecule has 10 heteroatoms. The Kier molecular flexibility index (Phi) is 5.04. The molecule has 2 unspecified atom stereocenters. The lowest BCUT2D eigenvalue weighted by Gasteiger charge is -2.25. The van der Waals surface area contributed by atoms with E-state index in [2.05, 4.69) is 20.5 Å². The van der Waals surface area contributed by atoms with Gasteiger partial charge in [0.05, 0.1) is 28.5 Å². The van der Waals surface area contributed by atoms with Crippen molar-refractivity contribution in [1.29, 1.82) is 0 Å². The number of carbonyl (C=O) groups excluding carboxylic acids is 1. The number of anilines is 2. The van der Waals surface area contributed by atoms with Crippen LogP contribution < -0.4 is 11.1 Å². The van der Waals surface area contributed by atoms with E-state index in [4.69, 9.17) is 17.3 Å². The summed E-state index contributed by atoms with van der Waals surface area (Å²) >= 11 is 6.95. The number of nitrogens with zero attached hydrogens (tertiary/aromatic N) is 5. The maximum atomic E-state index is 15.6. The van der Waals surface area contributed by atoms with Gasteiger partial charge in [0.15, 0.2) is 0 Å². The number of carbonyl (C=O) groups is 1. The molecule has 3 heterocycles. The molecule has 1 spiro atoms. The number of hydrogen-bond donors (Lipinski definition) is 2. The van der Waals surface area contributed by atoms with Gasteiger partial charge in [-0.15, -0.1) is 0 Å². The van der Waals surface area contributed by atoms with Crippen LogP contribution in [0.15, 0.2) is 24.5 Å². The second-order valence-corrected chi connectivity index (χ2v) is 9.52. The van der Waals surface area contributed by atoms with Crippen molar-refractivity contribution < 1.29 is 9.18 Å². The summed E-state index contributed by atoms with van der Waals surface area (Å²) in [5, 5.41) is 12.7. The summed E-state index contributed by atoms with van der Waals surface area (Å²) in [7, 11) is 3.11. The Hall–Kier alpha value is -3.20. The topological polar surface area (TPSA) is 102 Å². The quantitative estimate of drug-likeness (QED) is 0.565. The zero-order valence-corrected chi connectivity index (χ0v) is 19.4. The second-order valence-electron chi connectivity index (χ2n) is 9.14. The van der Waals surface area contributed by atoms with Crippen molar-refractivity contribution in [2.45, 2.75) is 37.6 Å². The molecule has 1 aliphatic carbocycles. The van der Waals surface area contributed by atoms with Gasteiger partial charge in [0.1, 0.15) is 11.6 Å². The molecule has 1 fully saturated rings. The first kappa shape index (κ1) is 21.6. The van der Waals surface area contributed by atoms with Crippen molar-refractivity contribution in [2.24, 2.45) is 0 Å². The molecule has 172 valence electrons. The monoisotopic (exact) mass is 469 g/mol. The van der Waals surface area contributed by atoms with Crippen LogP contribution in [0.2, 0.25) is 5.02 Å². The van der Waals surface area contributed by atoms with E-state index in [-0.39, 0.29) is 28.3 Å². The van der Waals surface area contributed by atoms with Crippen molar-refractivity contribution >= 4 is 29.0 Å². The van der Waals surface area contributed by atoms with Crippen LogP contribution in [0, 0.1) is 12.7 Å². The Morgan fingerprint density at radius 2 is 2.12 bits per heavy atom. The third-order valence-corrected chi connectivity index (χ3v) is 7.15. The van der Waals surface area contributed by atoms with Crippen LogP contribution in [0.1, 0.15) is 46.9 Å². The summed E-state index contributed by atoms with van der Waals surface area (Å²) in [6.45, 7) is 2.62. The number of rotatable bonds is 3. The smallest absolute Gasteiger partial charge is 0.258 e. The SMILES string of the molecule is Cc1cnn(C2CCC3(CNc4ncc(-c5ccc(N)c(C(=O)N(C)C)c5F)c(Cl)c43)C2)n1. The van der Waals surface area contributed by atoms with E-state index in [1.807, 2.05) is 6.92 Å². The number of pyridine rings is 1. The van der Waals surface area contributed by atoms with Gasteiger partial charge < -0.3 is 16.0 Å². The highest BCUT2D eigenvalue weighted by molar-refractivity contribution is 6.34. The van der Waals surface area contributed by atoms with E-state index < -0.39 is 11.7 Å². The Labute approximate surface area is 195 Å². The van der Waals surface area contributed by atoms with Gasteiger partial charge in [-0.2, -0.15) is 15.0 Å². The Morgan fingerprint density at radius 3 is 2.82 bits per heavy atom. The molecular weight excluding hydrogens is 445 g/mol. The van der Waals surface area contributed by atoms with Crippen LogP contribution in [-0.4, -0.2) is 51.4 Å². The molecule has 0 saturated heterocycles. The number of nitrogens with two attached hydrogens (primary N) is 1. The number of aryl methyl sites for hydroxylation is 1. The lowest BCUT2D eigenvalue weighted by Crippen LogP contribution is -2.26. The summed E-state index contributed by atoms with van der Waals surface area (Å²) < 4.78 is 15.6. The van der Waals surface area contributed by atoms with E-state index in [1.165, 1.54) is 11.0 Å². The van der Waals surface area contributed by atoms with Gasteiger partial charge >= 0.3 is 0 Å². The maximum absolute atomic E-state index is 15.6. The van der Waals surface area contributed by atoms with E-state index >= 15 is 4.39 Å². The van der Waals surface area contributed by atoms with Gasteiger partial charge in [-0.3, -0.25) is 4.79 Å². The van der Waals surface area contributed by atoms with Crippen LogP contribution in [0.25, 0.3) is 11.1 Å². The fourth-order valence-corrected chi connectivity index (χ4v) is 5.53. The Balaban J connectivity index is 1.58. The minimum atomic E-state index is -0.696. The molecule has 33 heavy (non-hydrogen) atoms. The van der Waals surface area contributed by atoms with Gasteiger partial charge in [0, 0.05) is 54.6 Å². The normalized spacial score (nSPS) is 21.3. The Morgan fingerprint density at radius 1 is 1.33 bits per heavy atom. The van der Waals surface area contributed by atoms with Gasteiger partial charge in [0.25, 0.3) is 5.91 Å². The number of nitrogen functional groups attached to an aromatic ring is 1. The number of aromatic nitrogens is 4. The molecule has 3 N–H and O–H groups in total. The molecule has 8 nitrogen and oxygen atoms in total. The predicted molar refractivity (Wildman–Crippen MR) is 125 cm³/mol. The first-order valence-corrected chi connectivity index (χ1v) is 11.2. The van der Waals surface area contributed by atoms with E-state index in [0.717, 1.165) is 36.3 Å². The van der Waals surface area contributed by atoms with E-state index in [9.17, 15) is 4.79 Å². The molecule has 1 saturated carbocycles. The lowest BCUT2D eigenvalue weighted by molar-refractivity contribution is 0.0824. The Bertz CT molecular complexity index is 1270. The number of nitrogens with one attached hydrogen (secondary N) is 1. The average Bonchev–Trinajstić information content (AvgIpc) is 3.49. The summed E-state index contributed by atoms with van der Waals surface area (Å²) in [5.74, 6) is -0.483. The highest BCUT2D eigenvalue weighted by Crippen LogP contribution is 2.54.